The lowest BCUT2D eigenvalue weighted by atomic mass is 9.89. The number of nitrogens with one attached hydrogen (secondary N) is 1. The quantitative estimate of drug-likeness (QED) is 0.593. The highest BCUT2D eigenvalue weighted by molar-refractivity contribution is 5.90. The van der Waals surface area contributed by atoms with Crippen molar-refractivity contribution in [1.29, 1.82) is 0 Å². The van der Waals surface area contributed by atoms with Crippen molar-refractivity contribution in [2.45, 2.75) is 45.2 Å². The Morgan fingerprint density at radius 2 is 1.87 bits per heavy atom. The minimum atomic E-state index is -0.559. The number of rotatable bonds is 7. The van der Waals surface area contributed by atoms with E-state index in [0.717, 1.165) is 24.0 Å². The summed E-state index contributed by atoms with van der Waals surface area (Å²) in [6.45, 7) is 2.18. The summed E-state index contributed by atoms with van der Waals surface area (Å²) in [5.41, 5.74) is 5.27. The van der Waals surface area contributed by atoms with Crippen LogP contribution >= 0.6 is 0 Å². The molecule has 1 atom stereocenters. The van der Waals surface area contributed by atoms with Gasteiger partial charge in [-0.15, -0.1) is 0 Å². The SMILES string of the molecule is C[C@@H](NC(=O)COC(=O)c1cnn(Cc2ccccc2)c1)c1ccc2c(c1)CCCC2. The van der Waals surface area contributed by atoms with Gasteiger partial charge in [-0.2, -0.15) is 5.10 Å². The molecule has 1 aliphatic rings. The van der Waals surface area contributed by atoms with Crippen molar-refractivity contribution in [3.63, 3.8) is 0 Å². The highest BCUT2D eigenvalue weighted by Gasteiger charge is 2.16. The molecule has 1 N–H and O–H groups in total. The van der Waals surface area contributed by atoms with Crippen molar-refractivity contribution in [1.82, 2.24) is 15.1 Å². The monoisotopic (exact) mass is 417 g/mol. The first-order chi connectivity index (χ1) is 15.1. The Hall–Kier alpha value is -3.41. The van der Waals surface area contributed by atoms with E-state index < -0.39 is 5.97 Å². The fourth-order valence-corrected chi connectivity index (χ4v) is 3.93. The molecule has 1 aliphatic carbocycles. The Balaban J connectivity index is 1.27. The maximum Gasteiger partial charge on any atom is 0.341 e. The molecule has 0 saturated heterocycles. The van der Waals surface area contributed by atoms with Gasteiger partial charge in [0, 0.05) is 6.20 Å². The number of aryl methyl sites for hydroxylation is 2. The summed E-state index contributed by atoms with van der Waals surface area (Å²) in [4.78, 5) is 24.6. The van der Waals surface area contributed by atoms with E-state index in [1.165, 1.54) is 30.2 Å². The van der Waals surface area contributed by atoms with Crippen LogP contribution in [-0.2, 0) is 28.9 Å². The molecule has 4 rings (SSSR count). The van der Waals surface area contributed by atoms with E-state index in [4.69, 9.17) is 4.74 Å². The molecular formula is C25H27N3O3. The molecule has 0 fully saturated rings. The molecular weight excluding hydrogens is 390 g/mol. The molecule has 0 bridgehead atoms. The highest BCUT2D eigenvalue weighted by atomic mass is 16.5. The third kappa shape index (κ3) is 5.40. The van der Waals surface area contributed by atoms with Crippen LogP contribution in [0.3, 0.4) is 0 Å². The number of ether oxygens (including phenoxy) is 1. The molecule has 1 amide bonds. The van der Waals surface area contributed by atoms with Gasteiger partial charge in [0.25, 0.3) is 5.91 Å². The molecule has 0 radical (unpaired) electrons. The Morgan fingerprint density at radius 1 is 1.10 bits per heavy atom. The van der Waals surface area contributed by atoms with E-state index >= 15 is 0 Å². The van der Waals surface area contributed by atoms with E-state index in [1.807, 2.05) is 37.3 Å². The van der Waals surface area contributed by atoms with Gasteiger partial charge in [-0.05, 0) is 54.9 Å². The zero-order valence-electron chi connectivity index (χ0n) is 17.7. The van der Waals surface area contributed by atoms with Crippen LogP contribution in [0.25, 0.3) is 0 Å². The van der Waals surface area contributed by atoms with Crippen LogP contribution in [0.4, 0.5) is 0 Å². The van der Waals surface area contributed by atoms with Gasteiger partial charge < -0.3 is 10.1 Å². The summed E-state index contributed by atoms with van der Waals surface area (Å²) in [5, 5.41) is 7.11. The van der Waals surface area contributed by atoms with Crippen LogP contribution in [0.15, 0.2) is 60.9 Å². The smallest absolute Gasteiger partial charge is 0.341 e. The third-order valence-corrected chi connectivity index (χ3v) is 5.64. The maximum absolute atomic E-state index is 12.3. The first-order valence-corrected chi connectivity index (χ1v) is 10.7. The molecule has 1 aromatic heterocycles. The number of aromatic nitrogens is 2. The normalized spacial score (nSPS) is 13.8. The Kier molecular flexibility index (Phi) is 6.46. The van der Waals surface area contributed by atoms with Crippen LogP contribution in [-0.4, -0.2) is 28.3 Å². The summed E-state index contributed by atoms with van der Waals surface area (Å²) in [5.74, 6) is -0.883. The van der Waals surface area contributed by atoms with E-state index in [2.05, 4.69) is 28.6 Å². The van der Waals surface area contributed by atoms with Gasteiger partial charge >= 0.3 is 5.97 Å². The lowest BCUT2D eigenvalue weighted by molar-refractivity contribution is -0.124. The van der Waals surface area contributed by atoms with Crippen LogP contribution in [0.1, 0.15) is 58.4 Å². The Morgan fingerprint density at radius 3 is 2.68 bits per heavy atom. The second-order valence-electron chi connectivity index (χ2n) is 8.01. The number of benzene rings is 2. The van der Waals surface area contributed by atoms with Gasteiger partial charge in [0.1, 0.15) is 0 Å². The lowest BCUT2D eigenvalue weighted by Crippen LogP contribution is -2.31. The predicted molar refractivity (Wildman–Crippen MR) is 118 cm³/mol. The first kappa shape index (κ1) is 20.8. The van der Waals surface area contributed by atoms with E-state index in [0.29, 0.717) is 12.1 Å². The number of amides is 1. The van der Waals surface area contributed by atoms with Crippen LogP contribution in [0.5, 0.6) is 0 Å². The van der Waals surface area contributed by atoms with Crippen molar-refractivity contribution >= 4 is 11.9 Å². The molecule has 0 saturated carbocycles. The van der Waals surface area contributed by atoms with Crippen LogP contribution in [0.2, 0.25) is 0 Å². The van der Waals surface area contributed by atoms with E-state index in [-0.39, 0.29) is 18.6 Å². The summed E-state index contributed by atoms with van der Waals surface area (Å²) in [6, 6.07) is 16.1. The molecule has 2 aromatic carbocycles. The molecule has 0 aliphatic heterocycles. The standard InChI is InChI=1S/C25H27N3O3/c1-18(21-12-11-20-9-5-6-10-22(20)13-21)27-24(29)17-31-25(30)23-14-26-28(16-23)15-19-7-3-2-4-8-19/h2-4,7-8,11-14,16,18H,5-6,9-10,15,17H2,1H3,(H,27,29)/t18-/m1/s1. The first-order valence-electron chi connectivity index (χ1n) is 10.7. The summed E-state index contributed by atoms with van der Waals surface area (Å²) in [6.07, 6.45) is 7.78. The van der Waals surface area contributed by atoms with Crippen LogP contribution in [0, 0.1) is 0 Å². The molecule has 160 valence electrons. The van der Waals surface area contributed by atoms with Crippen molar-refractivity contribution in [2.75, 3.05) is 6.61 Å². The largest absolute Gasteiger partial charge is 0.452 e. The molecule has 3 aromatic rings. The zero-order chi connectivity index (χ0) is 21.6. The van der Waals surface area contributed by atoms with Gasteiger partial charge in [-0.3, -0.25) is 9.48 Å². The topological polar surface area (TPSA) is 73.2 Å². The number of hydrogen-bond donors (Lipinski definition) is 1. The maximum atomic E-state index is 12.3. The number of esters is 1. The Labute approximate surface area is 182 Å². The molecule has 6 nitrogen and oxygen atoms in total. The average Bonchev–Trinajstić information content (AvgIpc) is 3.26. The van der Waals surface area contributed by atoms with E-state index in [1.54, 1.807) is 10.9 Å². The third-order valence-electron chi connectivity index (χ3n) is 5.64. The van der Waals surface area contributed by atoms with Gasteiger partial charge in [-0.25, -0.2) is 4.79 Å². The fraction of sp³-hybridized carbons (Fsp3) is 0.320. The van der Waals surface area contributed by atoms with Crippen LogP contribution < -0.4 is 5.32 Å². The number of hydrogen-bond acceptors (Lipinski definition) is 4. The average molecular weight is 418 g/mol. The second-order valence-corrected chi connectivity index (χ2v) is 8.01. The lowest BCUT2D eigenvalue weighted by Gasteiger charge is -2.20. The molecule has 1 heterocycles. The summed E-state index contributed by atoms with van der Waals surface area (Å²) in [7, 11) is 0. The molecule has 6 heteroatoms. The fourth-order valence-electron chi connectivity index (χ4n) is 3.93. The molecule has 0 unspecified atom stereocenters. The van der Waals surface area contributed by atoms with Gasteiger partial charge in [0.05, 0.1) is 24.3 Å². The van der Waals surface area contributed by atoms with Gasteiger partial charge in [-0.1, -0.05) is 48.5 Å². The minimum Gasteiger partial charge on any atom is -0.452 e. The predicted octanol–water partition coefficient (Wildman–Crippen LogP) is 3.84. The minimum absolute atomic E-state index is 0.146. The summed E-state index contributed by atoms with van der Waals surface area (Å²) < 4.78 is 6.85. The number of carbonyl (C=O) groups excluding carboxylic acids is 2. The van der Waals surface area contributed by atoms with Crippen molar-refractivity contribution < 1.29 is 14.3 Å². The van der Waals surface area contributed by atoms with Gasteiger partial charge in [0.2, 0.25) is 0 Å². The van der Waals surface area contributed by atoms with Crippen molar-refractivity contribution in [2.24, 2.45) is 0 Å². The molecule has 0 spiro atoms. The number of nitrogens with zero attached hydrogens (tertiary/aromatic N) is 2. The Bertz CT molecular complexity index is 1060. The number of fused-ring (bicyclic) bond motifs is 1. The van der Waals surface area contributed by atoms with Crippen molar-refractivity contribution in [3.05, 3.63) is 88.7 Å². The second kappa shape index (κ2) is 9.60. The highest BCUT2D eigenvalue weighted by Crippen LogP contribution is 2.24. The van der Waals surface area contributed by atoms with E-state index in [9.17, 15) is 9.59 Å². The molecule has 31 heavy (non-hydrogen) atoms. The summed E-state index contributed by atoms with van der Waals surface area (Å²) >= 11 is 0. The number of carbonyl (C=O) groups is 2. The van der Waals surface area contributed by atoms with Gasteiger partial charge in [0.15, 0.2) is 6.61 Å². The van der Waals surface area contributed by atoms with Crippen molar-refractivity contribution in [3.8, 4) is 0 Å². The zero-order valence-corrected chi connectivity index (χ0v) is 17.7.